The Balaban J connectivity index is 1.89. The number of rotatable bonds is 3. The lowest BCUT2D eigenvalue weighted by molar-refractivity contribution is -0.248. The second-order valence-electron chi connectivity index (χ2n) is 6.84. The van der Waals surface area contributed by atoms with Crippen molar-refractivity contribution in [2.45, 2.75) is 18.7 Å². The number of fused-ring (bicyclic) bond motifs is 1. The van der Waals surface area contributed by atoms with Gasteiger partial charge in [0.25, 0.3) is 0 Å². The van der Waals surface area contributed by atoms with E-state index in [0.29, 0.717) is 21.5 Å². The van der Waals surface area contributed by atoms with E-state index in [1.807, 2.05) is 30.3 Å². The molecule has 3 nitrogen and oxygen atoms in total. The quantitative estimate of drug-likeness (QED) is 0.459. The first-order chi connectivity index (χ1) is 13.7. The molecular formula is C22H16ClF3N2O. The van der Waals surface area contributed by atoms with Gasteiger partial charge in [-0.2, -0.15) is 18.3 Å². The average molecular weight is 417 g/mol. The Morgan fingerprint density at radius 1 is 0.931 bits per heavy atom. The van der Waals surface area contributed by atoms with Crippen LogP contribution in [0.15, 0.2) is 72.9 Å². The predicted octanol–water partition coefficient (Wildman–Crippen LogP) is 5.79. The summed E-state index contributed by atoms with van der Waals surface area (Å²) in [6.07, 6.45) is -3.45. The minimum absolute atomic E-state index is 0.285. The van der Waals surface area contributed by atoms with E-state index in [4.69, 9.17) is 11.6 Å². The van der Waals surface area contributed by atoms with Crippen molar-refractivity contribution >= 4 is 22.5 Å². The molecule has 1 unspecified atom stereocenters. The normalized spacial score (nSPS) is 14.1. The molecule has 1 N–H and O–H groups in total. The average Bonchev–Trinajstić information content (AvgIpc) is 3.12. The highest BCUT2D eigenvalue weighted by atomic mass is 35.5. The summed E-state index contributed by atoms with van der Waals surface area (Å²) < 4.78 is 43.9. The molecule has 0 saturated carbocycles. The fourth-order valence-electron chi connectivity index (χ4n) is 3.40. The van der Waals surface area contributed by atoms with Gasteiger partial charge in [0.2, 0.25) is 5.60 Å². The number of hydrogen-bond acceptors (Lipinski definition) is 2. The van der Waals surface area contributed by atoms with Gasteiger partial charge in [-0.05, 0) is 53.9 Å². The molecule has 0 aliphatic rings. The van der Waals surface area contributed by atoms with Crippen molar-refractivity contribution < 1.29 is 18.3 Å². The van der Waals surface area contributed by atoms with Gasteiger partial charge in [-0.15, -0.1) is 0 Å². The summed E-state index contributed by atoms with van der Waals surface area (Å²) in [4.78, 5) is 0. The number of benzene rings is 3. The van der Waals surface area contributed by atoms with Crippen LogP contribution in [0.3, 0.4) is 0 Å². The fraction of sp³-hybridized carbons (Fsp3) is 0.136. The largest absolute Gasteiger partial charge is 0.425 e. The topological polar surface area (TPSA) is 38.1 Å². The number of para-hydroxylation sites is 1. The SMILES string of the molecule is Cc1cc(C(O)(c2ccc3c(cnn3-c3ccccc3)c2)C(F)(F)F)ccc1Cl. The lowest BCUT2D eigenvalue weighted by atomic mass is 9.84. The minimum Gasteiger partial charge on any atom is -0.372 e. The molecule has 1 aromatic heterocycles. The van der Waals surface area contributed by atoms with Gasteiger partial charge in [-0.25, -0.2) is 4.68 Å². The van der Waals surface area contributed by atoms with Crippen molar-refractivity contribution in [3.05, 3.63) is 94.6 Å². The molecule has 1 heterocycles. The molecule has 0 radical (unpaired) electrons. The molecule has 0 fully saturated rings. The summed E-state index contributed by atoms with van der Waals surface area (Å²) >= 11 is 5.96. The van der Waals surface area contributed by atoms with Crippen LogP contribution in [0.4, 0.5) is 13.2 Å². The highest BCUT2D eigenvalue weighted by Crippen LogP contribution is 2.45. The van der Waals surface area contributed by atoms with Gasteiger partial charge in [-0.3, -0.25) is 0 Å². The standard InChI is InChI=1S/C22H16ClF3N2O/c1-14-11-16(7-9-19(14)23)21(29,22(24,25)26)17-8-10-20-15(12-17)13-27-28(20)18-5-3-2-4-6-18/h2-13,29H,1H3. The van der Waals surface area contributed by atoms with Crippen LogP contribution in [-0.4, -0.2) is 21.1 Å². The number of aliphatic hydroxyl groups is 1. The summed E-state index contributed by atoms with van der Waals surface area (Å²) in [5.74, 6) is 0. The van der Waals surface area contributed by atoms with Gasteiger partial charge >= 0.3 is 6.18 Å². The first-order valence-electron chi connectivity index (χ1n) is 8.81. The number of aromatic nitrogens is 2. The molecule has 7 heteroatoms. The Morgan fingerprint density at radius 3 is 2.24 bits per heavy atom. The van der Waals surface area contributed by atoms with Crippen LogP contribution < -0.4 is 0 Å². The summed E-state index contributed by atoms with van der Waals surface area (Å²) in [5, 5.41) is 16.0. The maximum atomic E-state index is 14.1. The molecule has 29 heavy (non-hydrogen) atoms. The molecular weight excluding hydrogens is 401 g/mol. The molecule has 4 rings (SSSR count). The molecule has 0 amide bonds. The molecule has 0 aliphatic heterocycles. The van der Waals surface area contributed by atoms with E-state index in [0.717, 1.165) is 5.69 Å². The van der Waals surface area contributed by atoms with Gasteiger partial charge in [0, 0.05) is 10.4 Å². The Labute approximate surface area is 170 Å². The third-order valence-corrected chi connectivity index (χ3v) is 5.40. The molecule has 0 bridgehead atoms. The Morgan fingerprint density at radius 2 is 1.59 bits per heavy atom. The molecule has 3 aromatic carbocycles. The first-order valence-corrected chi connectivity index (χ1v) is 9.19. The predicted molar refractivity (Wildman–Crippen MR) is 106 cm³/mol. The van der Waals surface area contributed by atoms with E-state index in [-0.39, 0.29) is 11.1 Å². The Hall–Kier alpha value is -2.83. The van der Waals surface area contributed by atoms with Crippen molar-refractivity contribution in [2.75, 3.05) is 0 Å². The number of halogens is 4. The number of hydrogen-bond donors (Lipinski definition) is 1. The van der Waals surface area contributed by atoms with E-state index in [2.05, 4.69) is 5.10 Å². The van der Waals surface area contributed by atoms with Crippen LogP contribution >= 0.6 is 11.6 Å². The molecule has 1 atom stereocenters. The highest BCUT2D eigenvalue weighted by Gasteiger charge is 2.56. The van der Waals surface area contributed by atoms with Crippen LogP contribution in [0.25, 0.3) is 16.6 Å². The van der Waals surface area contributed by atoms with Crippen LogP contribution in [0.2, 0.25) is 5.02 Å². The molecule has 148 valence electrons. The number of nitrogens with zero attached hydrogens (tertiary/aromatic N) is 2. The van der Waals surface area contributed by atoms with Gasteiger partial charge < -0.3 is 5.11 Å². The number of alkyl halides is 3. The fourth-order valence-corrected chi connectivity index (χ4v) is 3.51. The Kier molecular flexibility index (Phi) is 4.63. The molecule has 0 saturated heterocycles. The Bertz CT molecular complexity index is 1190. The van der Waals surface area contributed by atoms with Gasteiger partial charge in [-0.1, -0.05) is 48.0 Å². The molecule has 4 aromatic rings. The van der Waals surface area contributed by atoms with Crippen LogP contribution in [-0.2, 0) is 5.60 Å². The number of aryl methyl sites for hydroxylation is 1. The monoisotopic (exact) mass is 416 g/mol. The van der Waals surface area contributed by atoms with Gasteiger partial charge in [0.1, 0.15) is 0 Å². The third kappa shape index (κ3) is 3.18. The zero-order valence-electron chi connectivity index (χ0n) is 15.3. The van der Waals surface area contributed by atoms with Crippen molar-refractivity contribution in [3.8, 4) is 5.69 Å². The summed E-state index contributed by atoms with van der Waals surface area (Å²) in [6.45, 7) is 1.59. The first kappa shape index (κ1) is 19.5. The third-order valence-electron chi connectivity index (χ3n) is 4.97. The summed E-state index contributed by atoms with van der Waals surface area (Å²) in [6, 6.07) is 17.2. The van der Waals surface area contributed by atoms with Gasteiger partial charge in [0.15, 0.2) is 0 Å². The maximum Gasteiger partial charge on any atom is 0.425 e. The van der Waals surface area contributed by atoms with Crippen molar-refractivity contribution in [3.63, 3.8) is 0 Å². The lowest BCUT2D eigenvalue weighted by Gasteiger charge is -2.32. The summed E-state index contributed by atoms with van der Waals surface area (Å²) in [5.41, 5.74) is -1.88. The van der Waals surface area contributed by atoms with E-state index >= 15 is 0 Å². The van der Waals surface area contributed by atoms with E-state index in [1.54, 1.807) is 11.6 Å². The lowest BCUT2D eigenvalue weighted by Crippen LogP contribution is -2.43. The van der Waals surface area contributed by atoms with E-state index < -0.39 is 11.8 Å². The highest BCUT2D eigenvalue weighted by molar-refractivity contribution is 6.31. The van der Waals surface area contributed by atoms with Crippen molar-refractivity contribution in [2.24, 2.45) is 0 Å². The van der Waals surface area contributed by atoms with Crippen LogP contribution in [0.5, 0.6) is 0 Å². The zero-order valence-corrected chi connectivity index (χ0v) is 16.0. The zero-order chi connectivity index (χ0) is 20.8. The second kappa shape index (κ2) is 6.90. The second-order valence-corrected chi connectivity index (χ2v) is 7.24. The van der Waals surface area contributed by atoms with Crippen LogP contribution in [0.1, 0.15) is 16.7 Å². The minimum atomic E-state index is -4.93. The summed E-state index contributed by atoms with van der Waals surface area (Å²) in [7, 11) is 0. The van der Waals surface area contributed by atoms with Crippen LogP contribution in [0, 0.1) is 6.92 Å². The van der Waals surface area contributed by atoms with Gasteiger partial charge in [0.05, 0.1) is 17.4 Å². The molecule has 0 aliphatic carbocycles. The van der Waals surface area contributed by atoms with E-state index in [1.165, 1.54) is 42.6 Å². The van der Waals surface area contributed by atoms with Crippen molar-refractivity contribution in [1.29, 1.82) is 0 Å². The van der Waals surface area contributed by atoms with E-state index in [9.17, 15) is 18.3 Å². The maximum absolute atomic E-state index is 14.1. The smallest absolute Gasteiger partial charge is 0.372 e. The molecule has 0 spiro atoms. The van der Waals surface area contributed by atoms with Crippen molar-refractivity contribution in [1.82, 2.24) is 9.78 Å².